The van der Waals surface area contributed by atoms with Crippen molar-refractivity contribution in [1.29, 1.82) is 0 Å². The second kappa shape index (κ2) is 7.44. The van der Waals surface area contributed by atoms with Crippen LogP contribution in [0, 0.1) is 5.41 Å². The molecule has 1 aromatic carbocycles. The van der Waals surface area contributed by atoms with Gasteiger partial charge in [0.25, 0.3) is 0 Å². The molecule has 1 unspecified atom stereocenters. The Hall–Kier alpha value is -1.35. The van der Waals surface area contributed by atoms with Crippen LogP contribution in [0.15, 0.2) is 24.3 Å². The van der Waals surface area contributed by atoms with Gasteiger partial charge in [0.05, 0.1) is 12.5 Å². The van der Waals surface area contributed by atoms with Crippen molar-refractivity contribution in [2.45, 2.75) is 59.0 Å². The lowest BCUT2D eigenvalue weighted by atomic mass is 9.82. The van der Waals surface area contributed by atoms with Crippen LogP contribution in [-0.2, 0) is 11.2 Å². The molecule has 1 atom stereocenters. The van der Waals surface area contributed by atoms with E-state index < -0.39 is 17.5 Å². The molecule has 0 bridgehead atoms. The third-order valence-electron chi connectivity index (χ3n) is 3.56. The fourth-order valence-corrected chi connectivity index (χ4v) is 2.41. The lowest BCUT2D eigenvalue weighted by Gasteiger charge is -2.25. The lowest BCUT2D eigenvalue weighted by Crippen LogP contribution is -2.20. The first-order chi connectivity index (χ1) is 9.34. The van der Waals surface area contributed by atoms with Gasteiger partial charge in [-0.1, -0.05) is 51.5 Å². The number of aliphatic carboxylic acids is 1. The van der Waals surface area contributed by atoms with E-state index in [2.05, 4.69) is 19.1 Å². The topological polar surface area (TPSA) is 57.5 Å². The Morgan fingerprint density at radius 2 is 1.85 bits per heavy atom. The predicted molar refractivity (Wildman–Crippen MR) is 80.7 cm³/mol. The van der Waals surface area contributed by atoms with E-state index in [1.165, 1.54) is 18.4 Å². The smallest absolute Gasteiger partial charge is 0.303 e. The Bertz CT molecular complexity index is 420. The first-order valence-corrected chi connectivity index (χ1v) is 7.33. The summed E-state index contributed by atoms with van der Waals surface area (Å²) in [5.74, 6) is -0.822. The summed E-state index contributed by atoms with van der Waals surface area (Å²) in [5.41, 5.74) is 1.74. The molecule has 0 heterocycles. The zero-order valence-electron chi connectivity index (χ0n) is 12.7. The number of aryl methyl sites for hydroxylation is 1. The van der Waals surface area contributed by atoms with Crippen LogP contribution in [0.3, 0.4) is 0 Å². The standard InChI is InChI=1S/C17H26O3/c1-4-5-6-13-7-9-14(10-8-13)15(18)11-17(2,3)12-16(19)20/h7-10,15,18H,4-6,11-12H2,1-3H3,(H,19,20). The minimum absolute atomic E-state index is 0.0681. The fraction of sp³-hybridized carbons (Fsp3) is 0.588. The summed E-state index contributed by atoms with van der Waals surface area (Å²) >= 11 is 0. The number of carboxylic acid groups (broad SMARTS) is 1. The van der Waals surface area contributed by atoms with Crippen molar-refractivity contribution in [3.63, 3.8) is 0 Å². The molecular weight excluding hydrogens is 252 g/mol. The van der Waals surface area contributed by atoms with Crippen LogP contribution in [0.25, 0.3) is 0 Å². The molecule has 3 nitrogen and oxygen atoms in total. The summed E-state index contributed by atoms with van der Waals surface area (Å²) in [4.78, 5) is 10.8. The van der Waals surface area contributed by atoms with Gasteiger partial charge in [-0.25, -0.2) is 0 Å². The second-order valence-electron chi connectivity index (χ2n) is 6.30. The monoisotopic (exact) mass is 278 g/mol. The van der Waals surface area contributed by atoms with Crippen LogP contribution in [0.5, 0.6) is 0 Å². The van der Waals surface area contributed by atoms with E-state index in [-0.39, 0.29) is 6.42 Å². The molecule has 1 rings (SSSR count). The minimum atomic E-state index is -0.822. The molecule has 0 saturated carbocycles. The highest BCUT2D eigenvalue weighted by Gasteiger charge is 2.25. The van der Waals surface area contributed by atoms with Gasteiger partial charge < -0.3 is 10.2 Å². The number of aliphatic hydroxyl groups excluding tert-OH is 1. The molecule has 0 saturated heterocycles. The highest BCUT2D eigenvalue weighted by Crippen LogP contribution is 2.33. The highest BCUT2D eigenvalue weighted by molar-refractivity contribution is 5.67. The van der Waals surface area contributed by atoms with Gasteiger partial charge in [0.2, 0.25) is 0 Å². The van der Waals surface area contributed by atoms with Gasteiger partial charge in [-0.15, -0.1) is 0 Å². The molecule has 3 heteroatoms. The Balaban J connectivity index is 2.63. The highest BCUT2D eigenvalue weighted by atomic mass is 16.4. The number of hydrogen-bond donors (Lipinski definition) is 2. The molecule has 0 fully saturated rings. The Labute approximate surface area is 121 Å². The van der Waals surface area contributed by atoms with Crippen molar-refractivity contribution in [1.82, 2.24) is 0 Å². The van der Waals surface area contributed by atoms with Crippen molar-refractivity contribution < 1.29 is 15.0 Å². The summed E-state index contributed by atoms with van der Waals surface area (Å²) in [6.45, 7) is 5.92. The summed E-state index contributed by atoms with van der Waals surface area (Å²) < 4.78 is 0. The maximum absolute atomic E-state index is 10.8. The molecule has 0 aliphatic heterocycles. The number of hydrogen-bond acceptors (Lipinski definition) is 2. The van der Waals surface area contributed by atoms with Crippen LogP contribution >= 0.6 is 0 Å². The van der Waals surface area contributed by atoms with Crippen LogP contribution in [0.4, 0.5) is 0 Å². The normalized spacial score (nSPS) is 13.2. The number of rotatable bonds is 8. The number of benzene rings is 1. The Kier molecular flexibility index (Phi) is 6.21. The third kappa shape index (κ3) is 5.74. The zero-order valence-corrected chi connectivity index (χ0v) is 12.7. The molecule has 1 aromatic rings. The van der Waals surface area contributed by atoms with Crippen LogP contribution < -0.4 is 0 Å². The fourth-order valence-electron chi connectivity index (χ4n) is 2.41. The van der Waals surface area contributed by atoms with Crippen molar-refractivity contribution >= 4 is 5.97 Å². The summed E-state index contributed by atoms with van der Waals surface area (Å²) in [7, 11) is 0. The summed E-state index contributed by atoms with van der Waals surface area (Å²) in [6, 6.07) is 8.01. The van der Waals surface area contributed by atoms with E-state index in [1.54, 1.807) is 0 Å². The average molecular weight is 278 g/mol. The van der Waals surface area contributed by atoms with Crippen molar-refractivity contribution in [2.24, 2.45) is 5.41 Å². The van der Waals surface area contributed by atoms with E-state index in [0.717, 1.165) is 12.0 Å². The van der Waals surface area contributed by atoms with Gasteiger partial charge in [0.15, 0.2) is 0 Å². The SMILES string of the molecule is CCCCc1ccc(C(O)CC(C)(C)CC(=O)O)cc1. The van der Waals surface area contributed by atoms with Crippen LogP contribution in [-0.4, -0.2) is 16.2 Å². The first-order valence-electron chi connectivity index (χ1n) is 7.33. The molecule has 0 aromatic heterocycles. The summed E-state index contributed by atoms with van der Waals surface area (Å²) in [6.07, 6.45) is 3.33. The second-order valence-corrected chi connectivity index (χ2v) is 6.30. The molecule has 112 valence electrons. The molecule has 2 N–H and O–H groups in total. The van der Waals surface area contributed by atoms with Gasteiger partial charge in [0.1, 0.15) is 0 Å². The van der Waals surface area contributed by atoms with Gasteiger partial charge in [-0.3, -0.25) is 4.79 Å². The van der Waals surface area contributed by atoms with E-state index in [1.807, 2.05) is 26.0 Å². The molecule has 0 spiro atoms. The number of aliphatic hydroxyl groups is 1. The molecule has 0 aliphatic carbocycles. The minimum Gasteiger partial charge on any atom is -0.481 e. The molecule has 20 heavy (non-hydrogen) atoms. The van der Waals surface area contributed by atoms with Gasteiger partial charge in [-0.05, 0) is 35.8 Å². The van der Waals surface area contributed by atoms with Crippen LogP contribution in [0.2, 0.25) is 0 Å². The molecule has 0 aliphatic rings. The van der Waals surface area contributed by atoms with Gasteiger partial charge >= 0.3 is 5.97 Å². The first kappa shape index (κ1) is 16.7. The van der Waals surface area contributed by atoms with Gasteiger partial charge in [0, 0.05) is 0 Å². The maximum Gasteiger partial charge on any atom is 0.303 e. The van der Waals surface area contributed by atoms with Crippen LogP contribution in [0.1, 0.15) is 63.7 Å². The quantitative estimate of drug-likeness (QED) is 0.757. The van der Waals surface area contributed by atoms with E-state index in [9.17, 15) is 9.90 Å². The number of carbonyl (C=O) groups is 1. The summed E-state index contributed by atoms with van der Waals surface area (Å²) in [5, 5.41) is 19.1. The zero-order chi connectivity index (χ0) is 15.2. The lowest BCUT2D eigenvalue weighted by molar-refractivity contribution is -0.139. The van der Waals surface area contributed by atoms with Gasteiger partial charge in [-0.2, -0.15) is 0 Å². The largest absolute Gasteiger partial charge is 0.481 e. The molecular formula is C17H26O3. The molecule has 0 amide bonds. The third-order valence-corrected chi connectivity index (χ3v) is 3.56. The Morgan fingerprint density at radius 1 is 1.25 bits per heavy atom. The van der Waals surface area contributed by atoms with E-state index in [4.69, 9.17) is 5.11 Å². The maximum atomic E-state index is 10.8. The predicted octanol–water partition coefficient (Wildman–Crippen LogP) is 3.95. The number of carboxylic acids is 1. The van der Waals surface area contributed by atoms with Crippen molar-refractivity contribution in [3.8, 4) is 0 Å². The number of unbranched alkanes of at least 4 members (excludes halogenated alkanes) is 1. The van der Waals surface area contributed by atoms with Crippen molar-refractivity contribution in [3.05, 3.63) is 35.4 Å². The van der Waals surface area contributed by atoms with E-state index >= 15 is 0 Å². The van der Waals surface area contributed by atoms with E-state index in [0.29, 0.717) is 6.42 Å². The Morgan fingerprint density at radius 3 is 2.35 bits per heavy atom. The van der Waals surface area contributed by atoms with Crippen molar-refractivity contribution in [2.75, 3.05) is 0 Å². The average Bonchev–Trinajstić information content (AvgIpc) is 2.34. The molecule has 0 radical (unpaired) electrons.